The van der Waals surface area contributed by atoms with Gasteiger partial charge in [0.1, 0.15) is 5.75 Å². The number of nitrogens with one attached hydrogen (secondary N) is 2. The van der Waals surface area contributed by atoms with E-state index in [1.165, 1.54) is 6.92 Å². The molecule has 0 atom stereocenters. The summed E-state index contributed by atoms with van der Waals surface area (Å²) in [6, 6.07) is 12.6. The predicted octanol–water partition coefficient (Wildman–Crippen LogP) is 2.71. The topological polar surface area (TPSA) is 87.7 Å². The highest BCUT2D eigenvalue weighted by Crippen LogP contribution is 2.31. The molecule has 1 aliphatic rings. The highest BCUT2D eigenvalue weighted by molar-refractivity contribution is 5.99. The summed E-state index contributed by atoms with van der Waals surface area (Å²) in [6.45, 7) is 3.52. The first-order valence-electron chi connectivity index (χ1n) is 8.64. The van der Waals surface area contributed by atoms with Crippen molar-refractivity contribution in [2.75, 3.05) is 28.7 Å². The zero-order chi connectivity index (χ0) is 19.4. The fourth-order valence-corrected chi connectivity index (χ4v) is 2.86. The van der Waals surface area contributed by atoms with Gasteiger partial charge in [-0.25, -0.2) is 0 Å². The number of hydrogen-bond donors (Lipinski definition) is 2. The Kier molecular flexibility index (Phi) is 5.40. The van der Waals surface area contributed by atoms with Crippen molar-refractivity contribution in [2.45, 2.75) is 20.3 Å². The van der Waals surface area contributed by atoms with E-state index < -0.39 is 0 Å². The van der Waals surface area contributed by atoms with E-state index in [4.69, 9.17) is 4.74 Å². The van der Waals surface area contributed by atoms with E-state index in [1.54, 1.807) is 29.2 Å². The lowest BCUT2D eigenvalue weighted by Crippen LogP contribution is -2.40. The first-order chi connectivity index (χ1) is 12.9. The number of hydrogen-bond acceptors (Lipinski definition) is 4. The van der Waals surface area contributed by atoms with Crippen molar-refractivity contribution in [1.29, 1.82) is 0 Å². The largest absolute Gasteiger partial charge is 0.482 e. The molecule has 0 aromatic heterocycles. The maximum absolute atomic E-state index is 12.4. The molecule has 1 heterocycles. The van der Waals surface area contributed by atoms with Crippen LogP contribution in [0, 0.1) is 6.92 Å². The summed E-state index contributed by atoms with van der Waals surface area (Å²) in [7, 11) is 0. The van der Waals surface area contributed by atoms with Crippen LogP contribution in [0.25, 0.3) is 0 Å². The van der Waals surface area contributed by atoms with Crippen LogP contribution in [0.3, 0.4) is 0 Å². The van der Waals surface area contributed by atoms with Crippen molar-refractivity contribution in [3.05, 3.63) is 48.0 Å². The summed E-state index contributed by atoms with van der Waals surface area (Å²) in [6.07, 6.45) is 0.143. The first-order valence-corrected chi connectivity index (χ1v) is 8.64. The number of ether oxygens (including phenoxy) is 1. The molecule has 7 heteroatoms. The maximum atomic E-state index is 12.4. The van der Waals surface area contributed by atoms with Gasteiger partial charge in [0.2, 0.25) is 11.8 Å². The lowest BCUT2D eigenvalue weighted by Gasteiger charge is -2.29. The number of nitrogens with zero attached hydrogens (tertiary/aromatic N) is 1. The predicted molar refractivity (Wildman–Crippen MR) is 103 cm³/mol. The van der Waals surface area contributed by atoms with Gasteiger partial charge in [-0.15, -0.1) is 0 Å². The van der Waals surface area contributed by atoms with E-state index in [-0.39, 0.29) is 37.3 Å². The van der Waals surface area contributed by atoms with Crippen molar-refractivity contribution in [3.63, 3.8) is 0 Å². The molecule has 0 radical (unpaired) electrons. The molecule has 0 spiro atoms. The van der Waals surface area contributed by atoms with Crippen molar-refractivity contribution >= 4 is 34.8 Å². The standard InChI is InChI=1S/C20H21N3O4/c1-13-7-8-15(21-14(2)24)11-16(13)22-19(25)9-10-23-17-5-3-4-6-18(17)27-12-20(23)26/h3-8,11H,9-10,12H2,1-2H3,(H,21,24)(H,22,25). The number of benzene rings is 2. The van der Waals surface area contributed by atoms with Gasteiger partial charge >= 0.3 is 0 Å². The van der Waals surface area contributed by atoms with Gasteiger partial charge in [-0.2, -0.15) is 0 Å². The zero-order valence-corrected chi connectivity index (χ0v) is 15.2. The van der Waals surface area contributed by atoms with E-state index in [1.807, 2.05) is 25.1 Å². The smallest absolute Gasteiger partial charge is 0.265 e. The third-order valence-electron chi connectivity index (χ3n) is 4.20. The van der Waals surface area contributed by atoms with E-state index >= 15 is 0 Å². The molecule has 0 aliphatic carbocycles. The second kappa shape index (κ2) is 7.90. The third kappa shape index (κ3) is 4.44. The average molecular weight is 367 g/mol. The molecule has 0 fully saturated rings. The van der Waals surface area contributed by atoms with E-state index in [0.717, 1.165) is 5.56 Å². The van der Waals surface area contributed by atoms with Gasteiger partial charge in [0.05, 0.1) is 5.69 Å². The summed E-state index contributed by atoms with van der Waals surface area (Å²) < 4.78 is 5.40. The molecular weight excluding hydrogens is 346 g/mol. The molecular formula is C20H21N3O4. The number of fused-ring (bicyclic) bond motifs is 1. The number of rotatable bonds is 5. The summed E-state index contributed by atoms with van der Waals surface area (Å²) >= 11 is 0. The number of amides is 3. The second-order valence-electron chi connectivity index (χ2n) is 6.31. The molecule has 140 valence electrons. The van der Waals surface area contributed by atoms with Crippen molar-refractivity contribution in [3.8, 4) is 5.75 Å². The van der Waals surface area contributed by atoms with Crippen LogP contribution in [0.1, 0.15) is 18.9 Å². The fraction of sp³-hybridized carbons (Fsp3) is 0.250. The Hall–Kier alpha value is -3.35. The zero-order valence-electron chi connectivity index (χ0n) is 15.2. The highest BCUT2D eigenvalue weighted by Gasteiger charge is 2.25. The fourth-order valence-electron chi connectivity index (χ4n) is 2.86. The molecule has 0 saturated carbocycles. The lowest BCUT2D eigenvalue weighted by molar-refractivity contribution is -0.121. The Labute approximate surface area is 157 Å². The molecule has 3 rings (SSSR count). The molecule has 3 amide bonds. The molecule has 0 saturated heterocycles. The van der Waals surface area contributed by atoms with Crippen molar-refractivity contribution < 1.29 is 19.1 Å². The van der Waals surface area contributed by atoms with Crippen molar-refractivity contribution in [1.82, 2.24) is 0 Å². The lowest BCUT2D eigenvalue weighted by atomic mass is 10.1. The van der Waals surface area contributed by atoms with Gasteiger partial charge < -0.3 is 20.3 Å². The van der Waals surface area contributed by atoms with Crippen LogP contribution in [0.4, 0.5) is 17.1 Å². The van der Waals surface area contributed by atoms with E-state index in [0.29, 0.717) is 22.8 Å². The maximum Gasteiger partial charge on any atom is 0.265 e. The molecule has 1 aliphatic heterocycles. The van der Waals surface area contributed by atoms with E-state index in [2.05, 4.69) is 10.6 Å². The van der Waals surface area contributed by atoms with Crippen molar-refractivity contribution in [2.24, 2.45) is 0 Å². The SMILES string of the molecule is CC(=O)Nc1ccc(C)c(NC(=O)CCN2C(=O)COc3ccccc32)c1. The normalized spacial score (nSPS) is 12.8. The summed E-state index contributed by atoms with van der Waals surface area (Å²) in [4.78, 5) is 37.3. The van der Waals surface area contributed by atoms with E-state index in [9.17, 15) is 14.4 Å². The Morgan fingerprint density at radius 3 is 2.70 bits per heavy atom. The highest BCUT2D eigenvalue weighted by atomic mass is 16.5. The number of aryl methyl sites for hydroxylation is 1. The number of carbonyl (C=O) groups is 3. The quantitative estimate of drug-likeness (QED) is 0.851. The average Bonchev–Trinajstić information content (AvgIpc) is 2.63. The van der Waals surface area contributed by atoms with Crippen LogP contribution < -0.4 is 20.3 Å². The molecule has 0 unspecified atom stereocenters. The Morgan fingerprint density at radius 2 is 1.93 bits per heavy atom. The minimum absolute atomic E-state index is 0.0312. The van der Waals surface area contributed by atoms with Crippen LogP contribution in [0.2, 0.25) is 0 Å². The Bertz CT molecular complexity index is 895. The first kappa shape index (κ1) is 18.4. The molecule has 2 N–H and O–H groups in total. The number of anilines is 3. The Morgan fingerprint density at radius 1 is 1.15 bits per heavy atom. The second-order valence-corrected chi connectivity index (χ2v) is 6.31. The van der Waals surface area contributed by atoms with Gasteiger partial charge in [-0.3, -0.25) is 14.4 Å². The Balaban J connectivity index is 1.65. The summed E-state index contributed by atoms with van der Waals surface area (Å²) in [5, 5.41) is 5.53. The van der Waals surface area contributed by atoms with Gasteiger partial charge in [-0.1, -0.05) is 18.2 Å². The minimum Gasteiger partial charge on any atom is -0.482 e. The van der Waals surface area contributed by atoms with Gasteiger partial charge in [-0.05, 0) is 36.8 Å². The van der Waals surface area contributed by atoms with Crippen LogP contribution in [-0.4, -0.2) is 30.9 Å². The monoisotopic (exact) mass is 367 g/mol. The number of para-hydroxylation sites is 2. The van der Waals surface area contributed by atoms with Gasteiger partial charge in [0.25, 0.3) is 5.91 Å². The van der Waals surface area contributed by atoms with Crippen LogP contribution >= 0.6 is 0 Å². The van der Waals surface area contributed by atoms with Crippen LogP contribution in [-0.2, 0) is 14.4 Å². The van der Waals surface area contributed by atoms with Crippen LogP contribution in [0.15, 0.2) is 42.5 Å². The minimum atomic E-state index is -0.213. The molecule has 0 bridgehead atoms. The summed E-state index contributed by atoms with van der Waals surface area (Å²) in [5.74, 6) is 0.0668. The van der Waals surface area contributed by atoms with Gasteiger partial charge in [0.15, 0.2) is 6.61 Å². The molecule has 2 aromatic rings. The number of carbonyl (C=O) groups excluding carboxylic acids is 3. The molecule has 7 nitrogen and oxygen atoms in total. The van der Waals surface area contributed by atoms with Gasteiger partial charge in [0, 0.05) is 31.3 Å². The summed E-state index contributed by atoms with van der Waals surface area (Å²) in [5.41, 5.74) is 2.79. The molecule has 27 heavy (non-hydrogen) atoms. The van der Waals surface area contributed by atoms with Crippen LogP contribution in [0.5, 0.6) is 5.75 Å². The molecule has 2 aromatic carbocycles. The third-order valence-corrected chi connectivity index (χ3v) is 4.20.